The van der Waals surface area contributed by atoms with Crippen molar-refractivity contribution in [3.8, 4) is 5.75 Å². The molecule has 0 unspecified atom stereocenters. The van der Waals surface area contributed by atoms with E-state index in [0.717, 1.165) is 16.5 Å². The van der Waals surface area contributed by atoms with Crippen LogP contribution in [0.4, 0.5) is 5.69 Å². The molecule has 0 fully saturated rings. The Balaban J connectivity index is 1.58. The van der Waals surface area contributed by atoms with Gasteiger partial charge in [-0.2, -0.15) is 5.10 Å². The summed E-state index contributed by atoms with van der Waals surface area (Å²) in [5.41, 5.74) is 3.87. The van der Waals surface area contributed by atoms with Gasteiger partial charge in [0.15, 0.2) is 0 Å². The van der Waals surface area contributed by atoms with Crippen LogP contribution in [0.1, 0.15) is 5.56 Å². The minimum absolute atomic E-state index is 0.103. The van der Waals surface area contributed by atoms with Gasteiger partial charge in [0.25, 0.3) is 5.91 Å². The smallest absolute Gasteiger partial charge is 0.259 e. The van der Waals surface area contributed by atoms with Crippen molar-refractivity contribution in [3.05, 3.63) is 72.3 Å². The number of hydrazone groups is 1. The summed E-state index contributed by atoms with van der Waals surface area (Å²) >= 11 is 0. The largest absolute Gasteiger partial charge is 0.507 e. The highest BCUT2D eigenvalue weighted by Gasteiger charge is 2.03. The number of para-hydroxylation sites is 1. The number of hydrogen-bond acceptors (Lipinski definition) is 4. The van der Waals surface area contributed by atoms with Gasteiger partial charge in [-0.05, 0) is 23.6 Å². The summed E-state index contributed by atoms with van der Waals surface area (Å²) in [5, 5.41) is 18.7. The fraction of sp³-hybridized carbons (Fsp3) is 0.0526. The Morgan fingerprint density at radius 3 is 2.62 bits per heavy atom. The Morgan fingerprint density at radius 1 is 1.00 bits per heavy atom. The molecule has 0 radical (unpaired) electrons. The molecule has 3 aromatic rings. The van der Waals surface area contributed by atoms with Crippen molar-refractivity contribution in [2.24, 2.45) is 5.10 Å². The zero-order valence-electron chi connectivity index (χ0n) is 12.9. The molecule has 1 amide bonds. The van der Waals surface area contributed by atoms with E-state index in [1.54, 1.807) is 24.3 Å². The van der Waals surface area contributed by atoms with Gasteiger partial charge in [-0.15, -0.1) is 0 Å². The highest BCUT2D eigenvalue weighted by molar-refractivity contribution is 5.95. The number of nitrogens with zero attached hydrogens (tertiary/aromatic N) is 1. The lowest BCUT2D eigenvalue weighted by molar-refractivity contribution is -0.119. The van der Waals surface area contributed by atoms with Crippen molar-refractivity contribution in [2.45, 2.75) is 0 Å². The lowest BCUT2D eigenvalue weighted by atomic mass is 10.1. The predicted molar refractivity (Wildman–Crippen MR) is 96.3 cm³/mol. The lowest BCUT2D eigenvalue weighted by Crippen LogP contribution is -2.25. The molecule has 3 N–H and O–H groups in total. The molecule has 5 heteroatoms. The summed E-state index contributed by atoms with van der Waals surface area (Å²) in [4.78, 5) is 11.9. The van der Waals surface area contributed by atoms with Crippen LogP contribution >= 0.6 is 0 Å². The second-order valence-corrected chi connectivity index (χ2v) is 5.23. The van der Waals surface area contributed by atoms with Crippen molar-refractivity contribution in [3.63, 3.8) is 0 Å². The van der Waals surface area contributed by atoms with Crippen LogP contribution < -0.4 is 10.7 Å². The van der Waals surface area contributed by atoms with E-state index in [-0.39, 0.29) is 18.2 Å². The van der Waals surface area contributed by atoms with Gasteiger partial charge in [0, 0.05) is 16.6 Å². The number of aromatic hydroxyl groups is 1. The normalized spacial score (nSPS) is 10.8. The standard InChI is InChI=1S/C19H17N3O2/c23-18-11-4-2-7-15(18)12-21-22-19(24)13-20-17-10-5-8-14-6-1-3-9-16(14)17/h1-12,20,23H,13H2,(H,22,24)/b21-12+. The molecule has 0 aromatic heterocycles. The number of hydrogen-bond donors (Lipinski definition) is 3. The molecule has 0 aliphatic rings. The summed E-state index contributed by atoms with van der Waals surface area (Å²) in [6.45, 7) is 0.103. The van der Waals surface area contributed by atoms with Gasteiger partial charge in [-0.25, -0.2) is 5.43 Å². The second kappa shape index (κ2) is 7.28. The quantitative estimate of drug-likeness (QED) is 0.500. The monoisotopic (exact) mass is 319 g/mol. The van der Waals surface area contributed by atoms with E-state index >= 15 is 0 Å². The first-order valence-electron chi connectivity index (χ1n) is 7.55. The van der Waals surface area contributed by atoms with Gasteiger partial charge in [0.1, 0.15) is 5.75 Å². The fourth-order valence-electron chi connectivity index (χ4n) is 2.37. The Kier molecular flexibility index (Phi) is 4.72. The first-order valence-corrected chi connectivity index (χ1v) is 7.55. The Bertz CT molecular complexity index is 885. The average Bonchev–Trinajstić information content (AvgIpc) is 2.61. The van der Waals surface area contributed by atoms with Crippen LogP contribution in [0.3, 0.4) is 0 Å². The summed E-state index contributed by atoms with van der Waals surface area (Å²) in [5.74, 6) is -0.154. The molecule has 0 heterocycles. The first-order chi connectivity index (χ1) is 11.7. The molecule has 5 nitrogen and oxygen atoms in total. The molecular weight excluding hydrogens is 302 g/mol. The van der Waals surface area contributed by atoms with E-state index in [1.807, 2.05) is 42.5 Å². The van der Waals surface area contributed by atoms with Crippen LogP contribution in [-0.2, 0) is 4.79 Å². The fourth-order valence-corrected chi connectivity index (χ4v) is 2.37. The predicted octanol–water partition coefficient (Wildman–Crippen LogP) is 3.11. The molecule has 24 heavy (non-hydrogen) atoms. The number of anilines is 1. The number of amides is 1. The number of carbonyl (C=O) groups is 1. The van der Waals surface area contributed by atoms with E-state index in [1.165, 1.54) is 6.21 Å². The Hall–Kier alpha value is -3.34. The molecule has 0 spiro atoms. The van der Waals surface area contributed by atoms with Crippen molar-refractivity contribution in [2.75, 3.05) is 11.9 Å². The van der Waals surface area contributed by atoms with Gasteiger partial charge in [0.2, 0.25) is 0 Å². The van der Waals surface area contributed by atoms with Crippen molar-refractivity contribution in [1.29, 1.82) is 0 Å². The molecule has 0 bridgehead atoms. The number of nitrogens with one attached hydrogen (secondary N) is 2. The summed E-state index contributed by atoms with van der Waals surface area (Å²) in [7, 11) is 0. The maximum atomic E-state index is 11.9. The third-order valence-electron chi connectivity index (χ3n) is 3.56. The average molecular weight is 319 g/mol. The highest BCUT2D eigenvalue weighted by Crippen LogP contribution is 2.22. The molecule has 0 aliphatic heterocycles. The topological polar surface area (TPSA) is 73.7 Å². The molecule has 0 aliphatic carbocycles. The van der Waals surface area contributed by atoms with Crippen LogP contribution in [-0.4, -0.2) is 23.8 Å². The van der Waals surface area contributed by atoms with Crippen LogP contribution in [0.15, 0.2) is 71.8 Å². The molecule has 120 valence electrons. The third kappa shape index (κ3) is 3.70. The van der Waals surface area contributed by atoms with Gasteiger partial charge in [0.05, 0.1) is 12.8 Å². The lowest BCUT2D eigenvalue weighted by Gasteiger charge is -2.08. The van der Waals surface area contributed by atoms with Crippen molar-refractivity contribution >= 4 is 28.6 Å². The van der Waals surface area contributed by atoms with Gasteiger partial charge in [-0.3, -0.25) is 4.79 Å². The number of benzene rings is 3. The van der Waals surface area contributed by atoms with Gasteiger partial charge < -0.3 is 10.4 Å². The second-order valence-electron chi connectivity index (χ2n) is 5.23. The maximum absolute atomic E-state index is 11.9. The third-order valence-corrected chi connectivity index (χ3v) is 3.56. The van der Waals surface area contributed by atoms with E-state index in [2.05, 4.69) is 15.8 Å². The number of rotatable bonds is 5. The number of phenols is 1. The van der Waals surface area contributed by atoms with Crippen molar-refractivity contribution in [1.82, 2.24) is 5.43 Å². The summed E-state index contributed by atoms with van der Waals surface area (Å²) in [6.07, 6.45) is 1.41. The molecule has 3 rings (SSSR count). The van der Waals surface area contributed by atoms with Crippen LogP contribution in [0.2, 0.25) is 0 Å². The summed E-state index contributed by atoms with van der Waals surface area (Å²) in [6, 6.07) is 20.6. The summed E-state index contributed by atoms with van der Waals surface area (Å²) < 4.78 is 0. The Morgan fingerprint density at radius 2 is 1.75 bits per heavy atom. The maximum Gasteiger partial charge on any atom is 0.259 e. The first kappa shape index (κ1) is 15.6. The molecule has 0 atom stereocenters. The molecule has 0 saturated heterocycles. The zero-order valence-corrected chi connectivity index (χ0v) is 12.9. The van der Waals surface area contributed by atoms with Gasteiger partial charge >= 0.3 is 0 Å². The SMILES string of the molecule is O=C(CNc1cccc2ccccc12)N/N=C/c1ccccc1O. The van der Waals surface area contributed by atoms with E-state index in [0.29, 0.717) is 5.56 Å². The minimum Gasteiger partial charge on any atom is -0.507 e. The van der Waals surface area contributed by atoms with Crippen molar-refractivity contribution < 1.29 is 9.90 Å². The minimum atomic E-state index is -0.269. The zero-order chi connectivity index (χ0) is 16.8. The molecule has 3 aromatic carbocycles. The molecular formula is C19H17N3O2. The number of carbonyl (C=O) groups excluding carboxylic acids is 1. The van der Waals surface area contributed by atoms with Crippen LogP contribution in [0.5, 0.6) is 5.75 Å². The van der Waals surface area contributed by atoms with E-state index < -0.39 is 0 Å². The Labute approximate surface area is 139 Å². The van der Waals surface area contributed by atoms with E-state index in [9.17, 15) is 9.90 Å². The number of phenolic OH excluding ortho intramolecular Hbond substituents is 1. The van der Waals surface area contributed by atoms with E-state index in [4.69, 9.17) is 0 Å². The van der Waals surface area contributed by atoms with Crippen LogP contribution in [0, 0.1) is 0 Å². The molecule has 0 saturated carbocycles. The number of fused-ring (bicyclic) bond motifs is 1. The highest BCUT2D eigenvalue weighted by atomic mass is 16.3. The van der Waals surface area contributed by atoms with Crippen LogP contribution in [0.25, 0.3) is 10.8 Å². The van der Waals surface area contributed by atoms with Gasteiger partial charge in [-0.1, -0.05) is 48.5 Å².